The molecular formula is C9H18CaO4. The molecule has 0 aromatic rings. The summed E-state index contributed by atoms with van der Waals surface area (Å²) in [6, 6.07) is 0. The fraction of sp³-hybridized carbons (Fsp3) is 0.778. The van der Waals surface area contributed by atoms with Crippen molar-refractivity contribution in [2.24, 2.45) is 11.8 Å². The van der Waals surface area contributed by atoms with Gasteiger partial charge in [-0.2, -0.15) is 0 Å². The number of aliphatic carboxylic acids is 2. The third-order valence-electron chi connectivity index (χ3n) is 2.18. The number of carboxylic acid groups (broad SMARTS) is 2. The van der Waals surface area contributed by atoms with E-state index >= 15 is 0 Å². The summed E-state index contributed by atoms with van der Waals surface area (Å²) in [6.45, 7) is 3.39. The van der Waals surface area contributed by atoms with Crippen LogP contribution >= 0.6 is 0 Å². The van der Waals surface area contributed by atoms with Gasteiger partial charge in [0, 0.05) is 0 Å². The Balaban J connectivity index is -0.000000240. The van der Waals surface area contributed by atoms with Crippen LogP contribution in [0.1, 0.15) is 36.0 Å². The van der Waals surface area contributed by atoms with Crippen LogP contribution in [0.5, 0.6) is 0 Å². The number of hydrogen-bond donors (Lipinski definition) is 2. The number of hydrogen-bond acceptors (Lipinski definition) is 2. The van der Waals surface area contributed by atoms with E-state index in [2.05, 4.69) is 0 Å². The Bertz CT molecular complexity index is 202. The Morgan fingerprint density at radius 1 is 1.29 bits per heavy atom. The fourth-order valence-electron chi connectivity index (χ4n) is 1.18. The molecule has 0 amide bonds. The van der Waals surface area contributed by atoms with Crippen molar-refractivity contribution >= 4 is 49.7 Å². The van der Waals surface area contributed by atoms with Gasteiger partial charge in [-0.1, -0.05) is 26.7 Å². The molecule has 0 spiro atoms. The van der Waals surface area contributed by atoms with Crippen molar-refractivity contribution in [1.82, 2.24) is 0 Å². The van der Waals surface area contributed by atoms with E-state index in [4.69, 9.17) is 10.2 Å². The van der Waals surface area contributed by atoms with Gasteiger partial charge in [0.25, 0.3) is 0 Å². The minimum Gasteiger partial charge on any atom is -1.00 e. The molecule has 14 heavy (non-hydrogen) atoms. The van der Waals surface area contributed by atoms with E-state index in [0.29, 0.717) is 6.42 Å². The Kier molecular flexibility index (Phi) is 10.1. The van der Waals surface area contributed by atoms with Gasteiger partial charge in [-0.25, -0.2) is 0 Å². The normalized spacial score (nSPS) is 13.9. The van der Waals surface area contributed by atoms with Crippen molar-refractivity contribution in [2.45, 2.75) is 33.1 Å². The molecule has 0 bridgehead atoms. The van der Waals surface area contributed by atoms with Gasteiger partial charge in [-0.3, -0.25) is 9.59 Å². The Hall–Kier alpha value is 0.200. The molecule has 4 nitrogen and oxygen atoms in total. The van der Waals surface area contributed by atoms with E-state index in [0.717, 1.165) is 12.8 Å². The average molecular weight is 230 g/mol. The summed E-state index contributed by atoms with van der Waals surface area (Å²) in [5.74, 6) is -3.60. The van der Waals surface area contributed by atoms with Gasteiger partial charge in [0.2, 0.25) is 0 Å². The zero-order valence-corrected chi connectivity index (χ0v) is 10.9. The maximum Gasteiger partial charge on any atom is 2.00 e. The zero-order chi connectivity index (χ0) is 10.4. The molecule has 0 heterocycles. The topological polar surface area (TPSA) is 74.6 Å². The molecule has 0 aliphatic heterocycles. The van der Waals surface area contributed by atoms with Crippen molar-refractivity contribution in [2.75, 3.05) is 0 Å². The van der Waals surface area contributed by atoms with E-state index in [1.165, 1.54) is 6.92 Å². The van der Waals surface area contributed by atoms with Gasteiger partial charge in [0.05, 0.1) is 11.8 Å². The second-order valence-electron chi connectivity index (χ2n) is 3.21. The quantitative estimate of drug-likeness (QED) is 0.677. The number of unbranched alkanes of at least 4 members (excludes halogenated alkanes) is 1. The largest absolute Gasteiger partial charge is 2.00 e. The van der Waals surface area contributed by atoms with E-state index in [9.17, 15) is 9.59 Å². The van der Waals surface area contributed by atoms with Gasteiger partial charge < -0.3 is 13.1 Å². The minimum atomic E-state index is -1.04. The Morgan fingerprint density at radius 3 is 2.07 bits per heavy atom. The molecule has 0 aliphatic rings. The molecule has 80 valence electrons. The van der Waals surface area contributed by atoms with E-state index in [1.54, 1.807) is 0 Å². The van der Waals surface area contributed by atoms with Gasteiger partial charge in [0.15, 0.2) is 0 Å². The molecule has 0 saturated heterocycles. The van der Waals surface area contributed by atoms with Gasteiger partial charge in [0.1, 0.15) is 0 Å². The molecular weight excluding hydrogens is 212 g/mol. The average Bonchev–Trinajstić information content (AvgIpc) is 2.04. The first kappa shape index (κ1) is 16.6. The van der Waals surface area contributed by atoms with Crippen LogP contribution in [0, 0.1) is 11.8 Å². The summed E-state index contributed by atoms with van der Waals surface area (Å²) >= 11 is 0. The zero-order valence-electron chi connectivity index (χ0n) is 10.7. The van der Waals surface area contributed by atoms with Crippen molar-refractivity contribution in [3.8, 4) is 0 Å². The molecule has 0 fully saturated rings. The number of carboxylic acids is 2. The van der Waals surface area contributed by atoms with Crippen LogP contribution in [-0.2, 0) is 9.59 Å². The molecule has 0 aromatic heterocycles. The van der Waals surface area contributed by atoms with Gasteiger partial charge in [-0.05, 0) is 6.42 Å². The first-order valence-corrected chi connectivity index (χ1v) is 4.46. The summed E-state index contributed by atoms with van der Waals surface area (Å²) in [5.41, 5.74) is 0. The van der Waals surface area contributed by atoms with Crippen LogP contribution in [0.15, 0.2) is 0 Å². The maximum absolute atomic E-state index is 10.7. The predicted molar refractivity (Wildman–Crippen MR) is 55.4 cm³/mol. The first-order chi connectivity index (χ1) is 6.00. The van der Waals surface area contributed by atoms with Crippen molar-refractivity contribution < 1.29 is 22.7 Å². The fourth-order valence-corrected chi connectivity index (χ4v) is 1.18. The number of rotatable bonds is 6. The van der Waals surface area contributed by atoms with Crippen molar-refractivity contribution in [3.05, 3.63) is 0 Å². The molecule has 0 aromatic carbocycles. The van der Waals surface area contributed by atoms with Crippen LogP contribution in [0.4, 0.5) is 0 Å². The smallest absolute Gasteiger partial charge is 1.00 e. The Labute approximate surface area is 117 Å². The molecule has 0 rings (SSSR count). The first-order valence-electron chi connectivity index (χ1n) is 4.46. The van der Waals surface area contributed by atoms with Crippen molar-refractivity contribution in [1.29, 1.82) is 0 Å². The summed E-state index contributed by atoms with van der Waals surface area (Å²) < 4.78 is 0. The van der Waals surface area contributed by atoms with Crippen molar-refractivity contribution in [3.63, 3.8) is 0 Å². The summed E-state index contributed by atoms with van der Waals surface area (Å²) in [7, 11) is 0. The predicted octanol–water partition coefficient (Wildman–Crippen LogP) is 1.44. The van der Waals surface area contributed by atoms with E-state index < -0.39 is 23.8 Å². The third-order valence-corrected chi connectivity index (χ3v) is 2.18. The molecule has 0 saturated carbocycles. The van der Waals surface area contributed by atoms with Crippen LogP contribution in [0.3, 0.4) is 0 Å². The second-order valence-corrected chi connectivity index (χ2v) is 3.21. The maximum atomic E-state index is 10.7. The summed E-state index contributed by atoms with van der Waals surface area (Å²) in [5, 5.41) is 17.4. The van der Waals surface area contributed by atoms with Gasteiger partial charge in [-0.15, -0.1) is 0 Å². The van der Waals surface area contributed by atoms with Crippen LogP contribution in [0.2, 0.25) is 0 Å². The van der Waals surface area contributed by atoms with E-state index in [1.807, 2.05) is 6.92 Å². The summed E-state index contributed by atoms with van der Waals surface area (Å²) in [6.07, 6.45) is 2.09. The van der Waals surface area contributed by atoms with Crippen LogP contribution in [-0.4, -0.2) is 59.9 Å². The molecule has 5 heteroatoms. The van der Waals surface area contributed by atoms with E-state index in [-0.39, 0.29) is 40.6 Å². The molecule has 2 atom stereocenters. The second kappa shape index (κ2) is 8.50. The Morgan fingerprint density at radius 2 is 1.79 bits per heavy atom. The molecule has 0 aliphatic carbocycles. The standard InChI is InChI=1S/C9H16O4.Ca.2H/c1-3-4-5-7(9(12)13)6(2)8(10)11;;;/h6-7H,3-5H2,1-2H3,(H,10,11)(H,12,13);;;/q;+2;2*-1. The van der Waals surface area contributed by atoms with Crippen LogP contribution < -0.4 is 0 Å². The van der Waals surface area contributed by atoms with Crippen LogP contribution in [0.25, 0.3) is 0 Å². The third kappa shape index (κ3) is 5.83. The molecule has 2 unspecified atom stereocenters. The number of carbonyl (C=O) groups is 2. The van der Waals surface area contributed by atoms with Gasteiger partial charge >= 0.3 is 49.7 Å². The SMILES string of the molecule is CCCCC(C(=O)O)C(C)C(=O)O.[Ca+2].[H-].[H-]. The monoisotopic (exact) mass is 230 g/mol. The minimum absolute atomic E-state index is 0. The molecule has 2 N–H and O–H groups in total. The summed E-state index contributed by atoms with van der Waals surface area (Å²) in [4.78, 5) is 21.2. The molecule has 0 radical (unpaired) electrons.